The first-order valence-corrected chi connectivity index (χ1v) is 9.85. The number of aryl methyl sites for hydroxylation is 1. The number of amides is 2. The molecule has 1 saturated heterocycles. The van der Waals surface area contributed by atoms with Crippen LogP contribution in [-0.2, 0) is 26.2 Å². The largest absolute Gasteiger partial charge is 0.381 e. The van der Waals surface area contributed by atoms with Gasteiger partial charge in [0.05, 0.1) is 0 Å². The maximum absolute atomic E-state index is 12.4. The van der Waals surface area contributed by atoms with Gasteiger partial charge < -0.3 is 15.4 Å². The SMILES string of the molecule is CC1(c2ccc(NC(=O)CCc3ccccc3Cl)cc2NC=O)CCOCC1. The van der Waals surface area contributed by atoms with Crippen LogP contribution in [0.4, 0.5) is 11.4 Å². The molecule has 3 rings (SSSR count). The highest BCUT2D eigenvalue weighted by molar-refractivity contribution is 6.31. The topological polar surface area (TPSA) is 67.4 Å². The molecule has 1 aliphatic rings. The third kappa shape index (κ3) is 4.91. The minimum Gasteiger partial charge on any atom is -0.381 e. The highest BCUT2D eigenvalue weighted by Crippen LogP contribution is 2.39. The Morgan fingerprint density at radius 3 is 2.68 bits per heavy atom. The Labute approximate surface area is 170 Å². The van der Waals surface area contributed by atoms with E-state index in [1.54, 1.807) is 0 Å². The van der Waals surface area contributed by atoms with Crippen LogP contribution < -0.4 is 10.6 Å². The molecule has 6 heteroatoms. The average molecular weight is 401 g/mol. The van der Waals surface area contributed by atoms with Gasteiger partial charge in [0.2, 0.25) is 12.3 Å². The van der Waals surface area contributed by atoms with E-state index in [0.717, 1.165) is 29.7 Å². The van der Waals surface area contributed by atoms with E-state index >= 15 is 0 Å². The molecule has 2 aromatic rings. The molecule has 1 aliphatic heterocycles. The van der Waals surface area contributed by atoms with Gasteiger partial charge in [-0.2, -0.15) is 0 Å². The Balaban J connectivity index is 1.70. The molecule has 0 radical (unpaired) electrons. The maximum atomic E-state index is 12.4. The van der Waals surface area contributed by atoms with Gasteiger partial charge in [-0.15, -0.1) is 0 Å². The third-order valence-corrected chi connectivity index (χ3v) is 5.71. The van der Waals surface area contributed by atoms with Gasteiger partial charge in [-0.3, -0.25) is 9.59 Å². The van der Waals surface area contributed by atoms with Crippen LogP contribution in [0, 0.1) is 0 Å². The summed E-state index contributed by atoms with van der Waals surface area (Å²) in [6.45, 7) is 3.60. The number of rotatable bonds is 7. The molecule has 5 nitrogen and oxygen atoms in total. The second-order valence-corrected chi connectivity index (χ2v) is 7.74. The van der Waals surface area contributed by atoms with Crippen LogP contribution >= 0.6 is 11.6 Å². The molecule has 148 valence electrons. The van der Waals surface area contributed by atoms with Crippen LogP contribution in [0.1, 0.15) is 37.3 Å². The van der Waals surface area contributed by atoms with Crippen LogP contribution in [0.3, 0.4) is 0 Å². The fourth-order valence-corrected chi connectivity index (χ4v) is 3.83. The molecule has 0 aliphatic carbocycles. The number of carbonyl (C=O) groups is 2. The summed E-state index contributed by atoms with van der Waals surface area (Å²) in [5.41, 5.74) is 3.34. The lowest BCUT2D eigenvalue weighted by molar-refractivity contribution is -0.116. The molecular weight excluding hydrogens is 376 g/mol. The molecular formula is C22H25ClN2O3. The first-order chi connectivity index (χ1) is 13.5. The second kappa shape index (κ2) is 9.22. The number of ether oxygens (including phenoxy) is 1. The summed E-state index contributed by atoms with van der Waals surface area (Å²) >= 11 is 6.15. The van der Waals surface area contributed by atoms with Crippen LogP contribution in [0.15, 0.2) is 42.5 Å². The van der Waals surface area contributed by atoms with Gasteiger partial charge in [0.1, 0.15) is 0 Å². The monoisotopic (exact) mass is 400 g/mol. The van der Waals surface area contributed by atoms with E-state index in [4.69, 9.17) is 16.3 Å². The van der Waals surface area contributed by atoms with Crippen molar-refractivity contribution in [2.24, 2.45) is 0 Å². The zero-order chi connectivity index (χ0) is 20.0. The summed E-state index contributed by atoms with van der Waals surface area (Å²) in [6, 6.07) is 13.2. The van der Waals surface area contributed by atoms with Crippen LogP contribution in [-0.4, -0.2) is 25.5 Å². The van der Waals surface area contributed by atoms with Crippen molar-refractivity contribution in [1.29, 1.82) is 0 Å². The Bertz CT molecular complexity index is 847. The van der Waals surface area contributed by atoms with Gasteiger partial charge in [-0.25, -0.2) is 0 Å². The van der Waals surface area contributed by atoms with E-state index in [1.807, 2.05) is 42.5 Å². The van der Waals surface area contributed by atoms with Crippen molar-refractivity contribution in [3.63, 3.8) is 0 Å². The lowest BCUT2D eigenvalue weighted by atomic mass is 9.75. The smallest absolute Gasteiger partial charge is 0.224 e. The Hall–Kier alpha value is -2.37. The third-order valence-electron chi connectivity index (χ3n) is 5.34. The highest BCUT2D eigenvalue weighted by Gasteiger charge is 2.31. The van der Waals surface area contributed by atoms with Crippen LogP contribution in [0.5, 0.6) is 0 Å². The molecule has 0 aromatic heterocycles. The molecule has 2 aromatic carbocycles. The zero-order valence-electron chi connectivity index (χ0n) is 16.0. The average Bonchev–Trinajstić information content (AvgIpc) is 2.68. The Morgan fingerprint density at radius 1 is 1.21 bits per heavy atom. The van der Waals surface area contributed by atoms with E-state index in [1.165, 1.54) is 0 Å². The number of benzene rings is 2. The molecule has 2 amide bonds. The van der Waals surface area contributed by atoms with E-state index in [2.05, 4.69) is 17.6 Å². The van der Waals surface area contributed by atoms with Gasteiger partial charge in [-0.05, 0) is 54.0 Å². The number of halogens is 1. The fourth-order valence-electron chi connectivity index (χ4n) is 3.60. The van der Waals surface area contributed by atoms with Gasteiger partial charge >= 0.3 is 0 Å². The zero-order valence-corrected chi connectivity index (χ0v) is 16.7. The minimum absolute atomic E-state index is 0.0593. The van der Waals surface area contributed by atoms with Crippen molar-refractivity contribution in [2.45, 2.75) is 38.0 Å². The summed E-state index contributed by atoms with van der Waals surface area (Å²) in [7, 11) is 0. The molecule has 0 bridgehead atoms. The maximum Gasteiger partial charge on any atom is 0.224 e. The number of anilines is 2. The second-order valence-electron chi connectivity index (χ2n) is 7.34. The lowest BCUT2D eigenvalue weighted by Crippen LogP contribution is -2.31. The number of nitrogens with one attached hydrogen (secondary N) is 2. The van der Waals surface area contributed by atoms with Crippen molar-refractivity contribution < 1.29 is 14.3 Å². The summed E-state index contributed by atoms with van der Waals surface area (Å²) in [5, 5.41) is 6.37. The van der Waals surface area contributed by atoms with E-state index in [9.17, 15) is 9.59 Å². The fraction of sp³-hybridized carbons (Fsp3) is 0.364. The quantitative estimate of drug-likeness (QED) is 0.670. The van der Waals surface area contributed by atoms with Gasteiger partial charge in [0.25, 0.3) is 0 Å². The molecule has 2 N–H and O–H groups in total. The number of hydrogen-bond acceptors (Lipinski definition) is 3. The van der Waals surface area contributed by atoms with Gasteiger partial charge in [0, 0.05) is 36.0 Å². The summed E-state index contributed by atoms with van der Waals surface area (Å²) in [6.07, 6.45) is 3.36. The predicted molar refractivity (Wildman–Crippen MR) is 112 cm³/mol. The van der Waals surface area contributed by atoms with Crippen LogP contribution in [0.2, 0.25) is 5.02 Å². The van der Waals surface area contributed by atoms with Crippen molar-refractivity contribution in [2.75, 3.05) is 23.8 Å². The van der Waals surface area contributed by atoms with Crippen molar-refractivity contribution in [1.82, 2.24) is 0 Å². The molecule has 28 heavy (non-hydrogen) atoms. The predicted octanol–water partition coefficient (Wildman–Crippen LogP) is 4.55. The lowest BCUT2D eigenvalue weighted by Gasteiger charge is -2.35. The Morgan fingerprint density at radius 2 is 1.96 bits per heavy atom. The molecule has 1 fully saturated rings. The van der Waals surface area contributed by atoms with Crippen molar-refractivity contribution >= 4 is 35.3 Å². The highest BCUT2D eigenvalue weighted by atomic mass is 35.5. The van der Waals surface area contributed by atoms with Gasteiger partial charge in [0.15, 0.2) is 0 Å². The molecule has 0 spiro atoms. The summed E-state index contributed by atoms with van der Waals surface area (Å²) in [5.74, 6) is -0.0954. The summed E-state index contributed by atoms with van der Waals surface area (Å²) in [4.78, 5) is 23.5. The first kappa shape index (κ1) is 20.4. The van der Waals surface area contributed by atoms with E-state index in [-0.39, 0.29) is 11.3 Å². The van der Waals surface area contributed by atoms with E-state index < -0.39 is 0 Å². The van der Waals surface area contributed by atoms with Gasteiger partial charge in [-0.1, -0.05) is 42.8 Å². The number of hydrogen-bond donors (Lipinski definition) is 2. The standard InChI is InChI=1S/C22H25ClN2O3/c1-22(10-12-28-13-11-22)18-8-7-17(14-20(18)24-15-26)25-21(27)9-6-16-4-2-3-5-19(16)23/h2-5,7-8,14-15H,6,9-13H2,1H3,(H,24,26)(H,25,27). The Kier molecular flexibility index (Phi) is 6.70. The first-order valence-electron chi connectivity index (χ1n) is 9.47. The normalized spacial score (nSPS) is 15.6. The molecule has 0 unspecified atom stereocenters. The van der Waals surface area contributed by atoms with Crippen LogP contribution in [0.25, 0.3) is 0 Å². The molecule has 0 atom stereocenters. The minimum atomic E-state index is -0.0954. The van der Waals surface area contributed by atoms with Crippen molar-refractivity contribution in [3.8, 4) is 0 Å². The van der Waals surface area contributed by atoms with E-state index in [0.29, 0.717) is 43.2 Å². The summed E-state index contributed by atoms with van der Waals surface area (Å²) < 4.78 is 5.48. The van der Waals surface area contributed by atoms with Crippen molar-refractivity contribution in [3.05, 3.63) is 58.6 Å². The molecule has 1 heterocycles. The number of carbonyl (C=O) groups excluding carboxylic acids is 2. The molecule has 0 saturated carbocycles.